The van der Waals surface area contributed by atoms with Gasteiger partial charge in [0.1, 0.15) is 11.3 Å². The number of fused-ring (bicyclic) bond motifs is 4. The number of nitrogens with zero attached hydrogens (tertiary/aromatic N) is 1. The van der Waals surface area contributed by atoms with Crippen molar-refractivity contribution in [2.75, 3.05) is 18.5 Å². The van der Waals surface area contributed by atoms with Crippen molar-refractivity contribution >= 4 is 34.3 Å². The molecule has 1 unspecified atom stereocenters. The summed E-state index contributed by atoms with van der Waals surface area (Å²) in [6.07, 6.45) is 9.50. The van der Waals surface area contributed by atoms with Crippen LogP contribution in [0.15, 0.2) is 16.5 Å². The van der Waals surface area contributed by atoms with Crippen LogP contribution in [0.1, 0.15) is 69.1 Å². The quantitative estimate of drug-likeness (QED) is 0.628. The molecule has 162 valence electrons. The average Bonchev–Trinajstić information content (AvgIpc) is 3.12. The molecular weight excluding hydrogens is 402 g/mol. The van der Waals surface area contributed by atoms with Crippen molar-refractivity contribution in [2.24, 2.45) is 0 Å². The molecule has 1 aromatic heterocycles. The summed E-state index contributed by atoms with van der Waals surface area (Å²) in [5.41, 5.74) is 2.15. The fourth-order valence-corrected chi connectivity index (χ4v) is 6.02. The minimum Gasteiger partial charge on any atom is -0.459 e. The molecule has 2 fully saturated rings. The van der Waals surface area contributed by atoms with Crippen LogP contribution in [-0.2, 0) is 12.1 Å². The maximum absolute atomic E-state index is 12.4. The molecule has 2 aromatic rings. The van der Waals surface area contributed by atoms with Gasteiger partial charge in [-0.25, -0.2) is 4.79 Å². The van der Waals surface area contributed by atoms with E-state index in [0.29, 0.717) is 16.8 Å². The molecule has 2 amide bonds. The number of rotatable bonds is 4. The zero-order valence-corrected chi connectivity index (χ0v) is 18.1. The predicted molar refractivity (Wildman–Crippen MR) is 118 cm³/mol. The Morgan fingerprint density at radius 1 is 1.20 bits per heavy atom. The number of hydrogen-bond acceptors (Lipinski definition) is 4. The standard InChI is InChI=1S/C23H30ClN3O3/c24-18-13-15-12-17(14-27-10-5-2-6-16(27)7-11-28)30-21(15)19-20(18)25-22(29)26-23(19)8-3-1-4-9-23/h12-13,16,28H,1-11,14H2,(H2,25,26,29). The number of aliphatic hydroxyl groups is 1. The van der Waals surface area contributed by atoms with Gasteiger partial charge in [-0.15, -0.1) is 0 Å². The Morgan fingerprint density at radius 2 is 2.03 bits per heavy atom. The Bertz CT molecular complexity index is 949. The van der Waals surface area contributed by atoms with E-state index in [4.69, 9.17) is 16.0 Å². The number of carbonyl (C=O) groups excluding carboxylic acids is 1. The maximum Gasteiger partial charge on any atom is 0.319 e. The first-order valence-corrected chi connectivity index (χ1v) is 11.7. The van der Waals surface area contributed by atoms with Crippen molar-refractivity contribution in [1.82, 2.24) is 10.2 Å². The van der Waals surface area contributed by atoms with E-state index >= 15 is 0 Å². The zero-order valence-electron chi connectivity index (χ0n) is 17.3. The van der Waals surface area contributed by atoms with Crippen LogP contribution >= 0.6 is 11.6 Å². The number of carbonyl (C=O) groups is 1. The number of anilines is 1. The molecule has 1 aliphatic carbocycles. The molecule has 3 heterocycles. The molecule has 1 saturated heterocycles. The van der Waals surface area contributed by atoms with Gasteiger partial charge < -0.3 is 20.2 Å². The number of benzene rings is 1. The lowest BCUT2D eigenvalue weighted by Crippen LogP contribution is -2.52. The minimum absolute atomic E-state index is 0.183. The highest BCUT2D eigenvalue weighted by molar-refractivity contribution is 6.35. The third kappa shape index (κ3) is 3.49. The second kappa shape index (κ2) is 8.06. The van der Waals surface area contributed by atoms with Crippen LogP contribution in [0.5, 0.6) is 0 Å². The second-order valence-electron chi connectivity index (χ2n) is 9.09. The Morgan fingerprint density at radius 3 is 2.83 bits per heavy atom. The molecule has 0 radical (unpaired) electrons. The van der Waals surface area contributed by atoms with Gasteiger partial charge in [-0.3, -0.25) is 4.90 Å². The van der Waals surface area contributed by atoms with Crippen LogP contribution in [-0.4, -0.2) is 35.2 Å². The second-order valence-corrected chi connectivity index (χ2v) is 9.50. The Kier molecular flexibility index (Phi) is 5.42. The van der Waals surface area contributed by atoms with Gasteiger partial charge >= 0.3 is 6.03 Å². The topological polar surface area (TPSA) is 77.7 Å². The number of likely N-dealkylation sites (tertiary alicyclic amines) is 1. The van der Waals surface area contributed by atoms with E-state index in [1.807, 2.05) is 6.07 Å². The summed E-state index contributed by atoms with van der Waals surface area (Å²) >= 11 is 6.63. The van der Waals surface area contributed by atoms with Crippen LogP contribution < -0.4 is 10.6 Å². The van der Waals surface area contributed by atoms with E-state index in [1.54, 1.807) is 0 Å². The highest BCUT2D eigenvalue weighted by Gasteiger charge is 2.43. The number of piperidine rings is 1. The molecule has 7 heteroatoms. The van der Waals surface area contributed by atoms with E-state index in [9.17, 15) is 9.90 Å². The van der Waals surface area contributed by atoms with Crippen LogP contribution in [0.25, 0.3) is 11.0 Å². The minimum atomic E-state index is -0.404. The summed E-state index contributed by atoms with van der Waals surface area (Å²) in [5.74, 6) is 0.919. The van der Waals surface area contributed by atoms with E-state index in [1.165, 1.54) is 19.3 Å². The van der Waals surface area contributed by atoms with Crippen LogP contribution in [0, 0.1) is 0 Å². The lowest BCUT2D eigenvalue weighted by atomic mass is 9.74. The molecule has 30 heavy (non-hydrogen) atoms. The van der Waals surface area contributed by atoms with Crippen LogP contribution in [0.3, 0.4) is 0 Å². The Hall–Kier alpha value is -1.76. The smallest absolute Gasteiger partial charge is 0.319 e. The number of hydrogen-bond donors (Lipinski definition) is 3. The molecule has 3 N–H and O–H groups in total. The van der Waals surface area contributed by atoms with E-state index in [0.717, 1.165) is 73.9 Å². The Labute approximate surface area is 181 Å². The summed E-state index contributed by atoms with van der Waals surface area (Å²) < 4.78 is 6.46. The van der Waals surface area contributed by atoms with Gasteiger partial charge in [0.15, 0.2) is 0 Å². The number of furan rings is 1. The number of amides is 2. The molecule has 1 spiro atoms. The van der Waals surface area contributed by atoms with Gasteiger partial charge in [0.25, 0.3) is 0 Å². The van der Waals surface area contributed by atoms with E-state index in [2.05, 4.69) is 21.6 Å². The number of nitrogens with one attached hydrogen (secondary N) is 2. The largest absolute Gasteiger partial charge is 0.459 e. The molecular formula is C23H30ClN3O3. The van der Waals surface area contributed by atoms with Gasteiger partial charge in [-0.05, 0) is 50.8 Å². The SMILES string of the molecule is O=C1Nc2c(Cl)cc3cc(CN4CCCCC4CCO)oc3c2C2(CCCCC2)N1. The fourth-order valence-electron chi connectivity index (χ4n) is 5.76. The Balaban J connectivity index is 1.55. The van der Waals surface area contributed by atoms with Gasteiger partial charge in [0.05, 0.1) is 22.8 Å². The molecule has 1 aromatic carbocycles. The first kappa shape index (κ1) is 20.2. The number of urea groups is 1. The van der Waals surface area contributed by atoms with Crippen LogP contribution in [0.2, 0.25) is 5.02 Å². The fraction of sp³-hybridized carbons (Fsp3) is 0.609. The zero-order chi connectivity index (χ0) is 20.7. The maximum atomic E-state index is 12.4. The van der Waals surface area contributed by atoms with Gasteiger partial charge in [0, 0.05) is 23.6 Å². The molecule has 1 atom stereocenters. The third-order valence-electron chi connectivity index (χ3n) is 7.16. The average molecular weight is 432 g/mol. The molecule has 6 nitrogen and oxygen atoms in total. The van der Waals surface area contributed by atoms with Crippen molar-refractivity contribution in [3.8, 4) is 0 Å². The van der Waals surface area contributed by atoms with E-state index in [-0.39, 0.29) is 12.6 Å². The first-order valence-electron chi connectivity index (χ1n) is 11.3. The number of aliphatic hydroxyl groups excluding tert-OH is 1. The highest BCUT2D eigenvalue weighted by atomic mass is 35.5. The first-order chi connectivity index (χ1) is 14.6. The normalized spacial score (nSPS) is 23.9. The molecule has 0 bridgehead atoms. The molecule has 3 aliphatic rings. The monoisotopic (exact) mass is 431 g/mol. The third-order valence-corrected chi connectivity index (χ3v) is 7.46. The summed E-state index contributed by atoms with van der Waals surface area (Å²) in [6.45, 7) is 1.99. The highest BCUT2D eigenvalue weighted by Crippen LogP contribution is 2.49. The van der Waals surface area contributed by atoms with Gasteiger partial charge in [0.2, 0.25) is 0 Å². The number of halogens is 1. The van der Waals surface area contributed by atoms with Crippen molar-refractivity contribution in [2.45, 2.75) is 75.9 Å². The van der Waals surface area contributed by atoms with Crippen molar-refractivity contribution in [3.05, 3.63) is 28.5 Å². The van der Waals surface area contributed by atoms with Crippen LogP contribution in [0.4, 0.5) is 10.5 Å². The summed E-state index contributed by atoms with van der Waals surface area (Å²) in [5, 5.41) is 17.1. The van der Waals surface area contributed by atoms with Crippen molar-refractivity contribution in [1.29, 1.82) is 0 Å². The summed E-state index contributed by atoms with van der Waals surface area (Å²) in [4.78, 5) is 14.8. The van der Waals surface area contributed by atoms with Crippen molar-refractivity contribution < 1.29 is 14.3 Å². The van der Waals surface area contributed by atoms with Gasteiger partial charge in [-0.2, -0.15) is 0 Å². The lowest BCUT2D eigenvalue weighted by molar-refractivity contribution is 0.105. The lowest BCUT2D eigenvalue weighted by Gasteiger charge is -2.42. The van der Waals surface area contributed by atoms with E-state index < -0.39 is 5.54 Å². The molecule has 5 rings (SSSR count). The summed E-state index contributed by atoms with van der Waals surface area (Å²) in [7, 11) is 0. The molecule has 1 saturated carbocycles. The molecule has 2 aliphatic heterocycles. The van der Waals surface area contributed by atoms with Crippen molar-refractivity contribution in [3.63, 3.8) is 0 Å². The summed E-state index contributed by atoms with van der Waals surface area (Å²) in [6, 6.07) is 4.23. The van der Waals surface area contributed by atoms with Gasteiger partial charge in [-0.1, -0.05) is 37.3 Å². The predicted octanol–water partition coefficient (Wildman–Crippen LogP) is 5.12.